The molecule has 25 heavy (non-hydrogen) atoms. The lowest BCUT2D eigenvalue weighted by atomic mass is 10.1. The Labute approximate surface area is 148 Å². The molecule has 0 saturated heterocycles. The van der Waals surface area contributed by atoms with Gasteiger partial charge in [-0.15, -0.1) is 11.8 Å². The zero-order chi connectivity index (χ0) is 18.6. The third-order valence-corrected chi connectivity index (χ3v) is 4.70. The van der Waals surface area contributed by atoms with Crippen LogP contribution in [0.1, 0.15) is 22.8 Å². The molecule has 0 aliphatic carbocycles. The number of hydrogen-bond acceptors (Lipinski definition) is 5. The number of carbonyl (C=O) groups is 2. The van der Waals surface area contributed by atoms with Crippen molar-refractivity contribution in [3.8, 4) is 0 Å². The van der Waals surface area contributed by atoms with Crippen LogP contribution in [0, 0.1) is 17.0 Å². The van der Waals surface area contributed by atoms with Crippen molar-refractivity contribution in [3.63, 3.8) is 0 Å². The van der Waals surface area contributed by atoms with E-state index in [9.17, 15) is 19.7 Å². The van der Waals surface area contributed by atoms with Crippen LogP contribution in [0.4, 0.5) is 11.4 Å². The first kappa shape index (κ1) is 18.5. The van der Waals surface area contributed by atoms with Crippen molar-refractivity contribution in [1.29, 1.82) is 0 Å². The summed E-state index contributed by atoms with van der Waals surface area (Å²) < 4.78 is 0. The Bertz CT molecular complexity index is 821. The van der Waals surface area contributed by atoms with Crippen LogP contribution in [-0.4, -0.2) is 22.0 Å². The van der Waals surface area contributed by atoms with Gasteiger partial charge in [-0.3, -0.25) is 19.7 Å². The average Bonchev–Trinajstić information content (AvgIpc) is 2.56. The molecule has 2 aromatic rings. The van der Waals surface area contributed by atoms with E-state index in [1.807, 2.05) is 0 Å². The van der Waals surface area contributed by atoms with E-state index in [2.05, 4.69) is 5.32 Å². The molecular formula is C17H17N3O4S. The Kier molecular flexibility index (Phi) is 5.76. The second kappa shape index (κ2) is 7.80. The number of anilines is 1. The number of nitro groups is 1. The third kappa shape index (κ3) is 4.57. The van der Waals surface area contributed by atoms with Gasteiger partial charge in [0.1, 0.15) is 0 Å². The molecule has 2 amide bonds. The number of carbonyl (C=O) groups excluding carboxylic acids is 2. The van der Waals surface area contributed by atoms with Gasteiger partial charge in [0, 0.05) is 28.3 Å². The fourth-order valence-electron chi connectivity index (χ4n) is 2.18. The number of amides is 2. The Morgan fingerprint density at radius 1 is 1.20 bits per heavy atom. The molecule has 0 aliphatic rings. The minimum absolute atomic E-state index is 0.000320. The number of non-ortho nitro benzene ring substituents is 1. The van der Waals surface area contributed by atoms with Crippen LogP contribution in [0.2, 0.25) is 0 Å². The van der Waals surface area contributed by atoms with Gasteiger partial charge in [-0.2, -0.15) is 0 Å². The molecule has 2 aromatic carbocycles. The average molecular weight is 359 g/mol. The van der Waals surface area contributed by atoms with Crippen LogP contribution in [0.5, 0.6) is 0 Å². The molecule has 8 heteroatoms. The fraction of sp³-hybridized carbons (Fsp3) is 0.176. The van der Waals surface area contributed by atoms with Gasteiger partial charge in [-0.25, -0.2) is 0 Å². The molecule has 0 fully saturated rings. The Morgan fingerprint density at radius 2 is 1.84 bits per heavy atom. The van der Waals surface area contributed by atoms with Gasteiger partial charge in [-0.05, 0) is 43.7 Å². The number of nitrogens with two attached hydrogens (primary N) is 1. The van der Waals surface area contributed by atoms with Crippen LogP contribution >= 0.6 is 11.8 Å². The zero-order valence-corrected chi connectivity index (χ0v) is 14.5. The van der Waals surface area contributed by atoms with Crippen LogP contribution in [-0.2, 0) is 4.79 Å². The smallest absolute Gasteiger partial charge is 0.269 e. The van der Waals surface area contributed by atoms with Crippen molar-refractivity contribution in [2.24, 2.45) is 5.73 Å². The van der Waals surface area contributed by atoms with Gasteiger partial charge in [0.15, 0.2) is 0 Å². The molecule has 0 heterocycles. The van der Waals surface area contributed by atoms with Crippen molar-refractivity contribution in [1.82, 2.24) is 0 Å². The van der Waals surface area contributed by atoms with Gasteiger partial charge in [-0.1, -0.05) is 6.07 Å². The lowest BCUT2D eigenvalue weighted by molar-refractivity contribution is -0.384. The van der Waals surface area contributed by atoms with Gasteiger partial charge in [0.2, 0.25) is 11.8 Å². The number of hydrogen-bond donors (Lipinski definition) is 2. The summed E-state index contributed by atoms with van der Waals surface area (Å²) in [5, 5.41) is 13.0. The van der Waals surface area contributed by atoms with E-state index in [1.54, 1.807) is 44.2 Å². The van der Waals surface area contributed by atoms with Crippen molar-refractivity contribution in [3.05, 3.63) is 63.7 Å². The van der Waals surface area contributed by atoms with Crippen LogP contribution < -0.4 is 11.1 Å². The first-order valence-electron chi connectivity index (χ1n) is 7.41. The topological polar surface area (TPSA) is 115 Å². The summed E-state index contributed by atoms with van der Waals surface area (Å²) >= 11 is 1.28. The minimum atomic E-state index is -0.554. The predicted octanol–water partition coefficient (Wildman–Crippen LogP) is 3.12. The van der Waals surface area contributed by atoms with E-state index < -0.39 is 16.1 Å². The molecular weight excluding hydrogens is 342 g/mol. The van der Waals surface area contributed by atoms with E-state index in [-0.39, 0.29) is 11.6 Å². The maximum absolute atomic E-state index is 12.4. The molecule has 0 bridgehead atoms. The highest BCUT2D eigenvalue weighted by Gasteiger charge is 2.17. The summed E-state index contributed by atoms with van der Waals surface area (Å²) in [6, 6.07) is 10.9. The normalized spacial score (nSPS) is 11.6. The van der Waals surface area contributed by atoms with Crippen LogP contribution in [0.25, 0.3) is 0 Å². The first-order valence-corrected chi connectivity index (χ1v) is 8.29. The second-order valence-electron chi connectivity index (χ2n) is 5.34. The van der Waals surface area contributed by atoms with Gasteiger partial charge in [0.05, 0.1) is 10.2 Å². The quantitative estimate of drug-likeness (QED) is 0.467. The molecule has 0 radical (unpaired) electrons. The van der Waals surface area contributed by atoms with Gasteiger partial charge < -0.3 is 11.1 Å². The molecule has 130 valence electrons. The molecule has 0 aromatic heterocycles. The molecule has 0 saturated carbocycles. The second-order valence-corrected chi connectivity index (χ2v) is 6.76. The minimum Gasteiger partial charge on any atom is -0.366 e. The van der Waals surface area contributed by atoms with E-state index in [0.29, 0.717) is 16.8 Å². The van der Waals surface area contributed by atoms with E-state index in [0.717, 1.165) is 4.90 Å². The standard InChI is InChI=1S/C17H17N3O4S/c1-10-14(16(18)21)4-3-5-15(10)19-17(22)11(2)25-13-8-6-12(7-9-13)20(23)24/h3-9,11H,1-2H3,(H2,18,21)(H,19,22). The highest BCUT2D eigenvalue weighted by atomic mass is 32.2. The molecule has 2 rings (SSSR count). The van der Waals surface area contributed by atoms with Crippen molar-refractivity contribution in [2.45, 2.75) is 24.0 Å². The number of primary amides is 1. The Balaban J connectivity index is 2.07. The summed E-state index contributed by atoms with van der Waals surface area (Å²) in [5.41, 5.74) is 6.79. The summed E-state index contributed by atoms with van der Waals surface area (Å²) in [4.78, 5) is 34.7. The predicted molar refractivity (Wildman–Crippen MR) is 96.7 cm³/mol. The first-order chi connectivity index (χ1) is 11.8. The molecule has 1 unspecified atom stereocenters. The number of thioether (sulfide) groups is 1. The fourth-order valence-corrected chi connectivity index (χ4v) is 3.04. The number of nitro benzene ring substituents is 1. The van der Waals surface area contributed by atoms with Crippen molar-refractivity contribution < 1.29 is 14.5 Å². The van der Waals surface area contributed by atoms with Gasteiger partial charge >= 0.3 is 0 Å². The van der Waals surface area contributed by atoms with Gasteiger partial charge in [0.25, 0.3) is 5.69 Å². The van der Waals surface area contributed by atoms with Crippen LogP contribution in [0.15, 0.2) is 47.4 Å². The monoisotopic (exact) mass is 359 g/mol. The molecule has 1 atom stereocenters. The molecule has 0 aliphatic heterocycles. The Morgan fingerprint density at radius 3 is 2.40 bits per heavy atom. The highest BCUT2D eigenvalue weighted by molar-refractivity contribution is 8.00. The van der Waals surface area contributed by atoms with E-state index in [1.165, 1.54) is 23.9 Å². The summed E-state index contributed by atoms with van der Waals surface area (Å²) in [6.45, 7) is 3.44. The number of nitrogens with one attached hydrogen (secondary N) is 1. The maximum Gasteiger partial charge on any atom is 0.269 e. The van der Waals surface area contributed by atoms with E-state index in [4.69, 9.17) is 5.73 Å². The lowest BCUT2D eigenvalue weighted by Gasteiger charge is -2.14. The maximum atomic E-state index is 12.4. The van der Waals surface area contributed by atoms with Crippen LogP contribution in [0.3, 0.4) is 0 Å². The number of nitrogens with zero attached hydrogens (tertiary/aromatic N) is 1. The van der Waals surface area contributed by atoms with Crippen molar-refractivity contribution >= 4 is 35.0 Å². The zero-order valence-electron chi connectivity index (χ0n) is 13.7. The summed E-state index contributed by atoms with van der Waals surface area (Å²) in [5.74, 6) is -0.796. The molecule has 7 nitrogen and oxygen atoms in total. The third-order valence-electron chi connectivity index (χ3n) is 3.59. The summed E-state index contributed by atoms with van der Waals surface area (Å²) in [7, 11) is 0. The SMILES string of the molecule is Cc1c(NC(=O)C(C)Sc2ccc([N+](=O)[O-])cc2)cccc1C(N)=O. The molecule has 0 spiro atoms. The Hall–Kier alpha value is -2.87. The summed E-state index contributed by atoms with van der Waals surface area (Å²) in [6.07, 6.45) is 0. The molecule has 3 N–H and O–H groups in total. The lowest BCUT2D eigenvalue weighted by Crippen LogP contribution is -2.23. The number of benzene rings is 2. The van der Waals surface area contributed by atoms with Crippen molar-refractivity contribution in [2.75, 3.05) is 5.32 Å². The highest BCUT2D eigenvalue weighted by Crippen LogP contribution is 2.27. The van der Waals surface area contributed by atoms with E-state index >= 15 is 0 Å². The largest absolute Gasteiger partial charge is 0.366 e. The number of rotatable bonds is 6.